The van der Waals surface area contributed by atoms with Gasteiger partial charge in [-0.3, -0.25) is 38.6 Å². The number of aromatic amines is 1. The molecule has 2 heterocycles. The number of carbonyl (C=O) groups is 8. The number of aromatic hydroxyl groups is 1. The van der Waals surface area contributed by atoms with Gasteiger partial charge < -0.3 is 68.8 Å². The summed E-state index contributed by atoms with van der Waals surface area (Å²) in [5.41, 5.74) is 11.9. The maximum atomic E-state index is 14.5. The van der Waals surface area contributed by atoms with Crippen LogP contribution in [-0.4, -0.2) is 147 Å². The number of imidazole rings is 1. The van der Waals surface area contributed by atoms with Gasteiger partial charge >= 0.3 is 5.97 Å². The fourth-order valence-corrected chi connectivity index (χ4v) is 7.77. The lowest BCUT2D eigenvalue weighted by atomic mass is 9.96. The van der Waals surface area contributed by atoms with Crippen LogP contribution in [0, 0.1) is 17.8 Å². The standard InChI is InChI=1S/C46H73N13O10/c1-8-26(5)37(43(66)55-33(21-29-22-50-24-52-29)44(67)59-19-11-13-34(59)41(64)58-38(45(68)69)27(6)9-2)57-40(63)32(20-28-14-16-30(60)17-15-28)54-42(65)36(25(3)4)56-39(62)31(53-35(61)23-49-7)12-10-18-51-46(47)48/h14-17,22,24-27,31-34,36-38,49,60H,8-13,18-21,23H2,1-7H3,(H,50,52)(H,53,61)(H,54,65)(H,55,66)(H,56,62)(H,57,63)(H,58,64)(H,68,69)(H4,47,48,51)/t26-,27-,31-,32+,33-,34+,36-,37-,38-/m0/s1. The Bertz CT molecular complexity index is 2060. The second-order valence-electron chi connectivity index (χ2n) is 17.9. The van der Waals surface area contributed by atoms with E-state index >= 15 is 0 Å². The van der Waals surface area contributed by atoms with Crippen molar-refractivity contribution in [2.75, 3.05) is 26.7 Å². The number of phenolic OH excluding ortho intramolecular Hbond substituents is 1. The number of aliphatic imine (C=N–C) groups is 1. The number of likely N-dealkylation sites (N-methyl/N-ethyl adjacent to an activating group) is 1. The van der Waals surface area contributed by atoms with Crippen LogP contribution in [0.2, 0.25) is 0 Å². The summed E-state index contributed by atoms with van der Waals surface area (Å²) in [6.07, 6.45) is 4.75. The minimum atomic E-state index is -1.35. The van der Waals surface area contributed by atoms with E-state index in [0.29, 0.717) is 36.9 Å². The number of hydrogen-bond donors (Lipinski definition) is 12. The molecule has 1 fully saturated rings. The van der Waals surface area contributed by atoms with Gasteiger partial charge in [0.25, 0.3) is 0 Å². The molecule has 0 aliphatic carbocycles. The van der Waals surface area contributed by atoms with Crippen LogP contribution in [0.5, 0.6) is 5.75 Å². The first-order valence-electron chi connectivity index (χ1n) is 23.5. The summed E-state index contributed by atoms with van der Waals surface area (Å²) in [6, 6.07) is -2.38. The number of aliphatic carboxylic acids is 1. The molecule has 3 rings (SSSR count). The first-order valence-corrected chi connectivity index (χ1v) is 23.5. The third kappa shape index (κ3) is 17.7. The van der Waals surface area contributed by atoms with Crippen molar-refractivity contribution in [1.29, 1.82) is 0 Å². The van der Waals surface area contributed by atoms with Gasteiger partial charge in [-0.15, -0.1) is 0 Å². The van der Waals surface area contributed by atoms with E-state index in [2.05, 4.69) is 52.2 Å². The van der Waals surface area contributed by atoms with Gasteiger partial charge in [-0.1, -0.05) is 66.5 Å². The maximum Gasteiger partial charge on any atom is 0.326 e. The van der Waals surface area contributed by atoms with Crippen molar-refractivity contribution in [2.24, 2.45) is 34.2 Å². The topological polar surface area (TPSA) is 358 Å². The molecule has 2 aromatic rings. The van der Waals surface area contributed by atoms with Gasteiger partial charge in [-0.2, -0.15) is 0 Å². The van der Waals surface area contributed by atoms with Crippen molar-refractivity contribution < 1.29 is 48.6 Å². The molecule has 0 bridgehead atoms. The van der Waals surface area contributed by atoms with Crippen molar-refractivity contribution in [1.82, 2.24) is 52.1 Å². The van der Waals surface area contributed by atoms with E-state index in [0.717, 1.165) is 0 Å². The lowest BCUT2D eigenvalue weighted by molar-refractivity contribution is -0.146. The Labute approximate surface area is 402 Å². The molecule has 69 heavy (non-hydrogen) atoms. The minimum Gasteiger partial charge on any atom is -0.508 e. The highest BCUT2D eigenvalue weighted by molar-refractivity contribution is 5.98. The summed E-state index contributed by atoms with van der Waals surface area (Å²) in [4.78, 5) is 122. The van der Waals surface area contributed by atoms with Crippen LogP contribution in [-0.2, 0) is 51.2 Å². The zero-order valence-electron chi connectivity index (χ0n) is 40.7. The van der Waals surface area contributed by atoms with Crippen LogP contribution in [0.3, 0.4) is 0 Å². The van der Waals surface area contributed by atoms with Crippen molar-refractivity contribution in [3.63, 3.8) is 0 Å². The molecular weight excluding hydrogens is 895 g/mol. The summed E-state index contributed by atoms with van der Waals surface area (Å²) < 4.78 is 0. The van der Waals surface area contributed by atoms with Crippen LogP contribution >= 0.6 is 0 Å². The zero-order chi connectivity index (χ0) is 51.4. The number of carbonyl (C=O) groups excluding carboxylic acids is 7. The highest BCUT2D eigenvalue weighted by Crippen LogP contribution is 2.22. The van der Waals surface area contributed by atoms with Crippen molar-refractivity contribution in [2.45, 2.75) is 135 Å². The van der Waals surface area contributed by atoms with E-state index in [1.54, 1.807) is 46.9 Å². The predicted molar refractivity (Wildman–Crippen MR) is 256 cm³/mol. The Hall–Kier alpha value is -6.78. The minimum absolute atomic E-state index is 0.0369. The summed E-state index contributed by atoms with van der Waals surface area (Å²) in [7, 11) is 1.57. The van der Waals surface area contributed by atoms with Crippen LogP contribution in [0.15, 0.2) is 41.8 Å². The molecule has 23 nitrogen and oxygen atoms in total. The zero-order valence-corrected chi connectivity index (χ0v) is 40.7. The van der Waals surface area contributed by atoms with Gasteiger partial charge in [-0.05, 0) is 68.2 Å². The highest BCUT2D eigenvalue weighted by Gasteiger charge is 2.41. The molecule has 7 amide bonds. The average Bonchev–Trinajstić information content (AvgIpc) is 4.02. The fraction of sp³-hybridized carbons (Fsp3) is 0.609. The normalized spacial score (nSPS) is 16.9. The van der Waals surface area contributed by atoms with Crippen LogP contribution in [0.25, 0.3) is 0 Å². The molecular formula is C46H73N13O10. The molecule has 23 heteroatoms. The monoisotopic (exact) mass is 968 g/mol. The Balaban J connectivity index is 1.92. The number of rotatable bonds is 28. The van der Waals surface area contributed by atoms with Gasteiger partial charge in [0.2, 0.25) is 41.4 Å². The number of hydrogen-bond acceptors (Lipinski definition) is 12. The molecule has 0 saturated carbocycles. The smallest absolute Gasteiger partial charge is 0.326 e. The molecule has 0 spiro atoms. The van der Waals surface area contributed by atoms with Crippen molar-refractivity contribution in [3.05, 3.63) is 48.0 Å². The SMILES string of the molecule is CC[C@H](C)[C@H](NC(=O)[C@H]1CCCN1C(=O)[C@H](Cc1cnc[nH]1)NC(=O)[C@@H](NC(=O)[C@@H](Cc1ccc(O)cc1)NC(=O)[C@@H](NC(=O)[C@H](CCCN=C(N)N)NC(=O)CNC)C(C)C)[C@@H](C)CC)C(=O)O. The predicted octanol–water partition coefficient (Wildman–Crippen LogP) is -1.09. The summed E-state index contributed by atoms with van der Waals surface area (Å²) in [5.74, 6) is -7.40. The number of nitrogens with zero attached hydrogens (tertiary/aromatic N) is 3. The Morgan fingerprint density at radius 2 is 1.41 bits per heavy atom. The van der Waals surface area contributed by atoms with Gasteiger partial charge in [0, 0.05) is 37.8 Å². The second kappa shape index (κ2) is 27.9. The van der Waals surface area contributed by atoms with E-state index in [-0.39, 0.29) is 62.9 Å². The summed E-state index contributed by atoms with van der Waals surface area (Å²) >= 11 is 0. The Morgan fingerprint density at radius 1 is 0.797 bits per heavy atom. The number of benzene rings is 1. The largest absolute Gasteiger partial charge is 0.508 e. The molecule has 0 radical (unpaired) electrons. The molecule has 9 atom stereocenters. The Kier molecular flexibility index (Phi) is 22.9. The summed E-state index contributed by atoms with van der Waals surface area (Å²) in [5, 5.41) is 38.9. The number of H-pyrrole nitrogens is 1. The maximum absolute atomic E-state index is 14.5. The molecule has 382 valence electrons. The third-order valence-corrected chi connectivity index (χ3v) is 12.2. The van der Waals surface area contributed by atoms with Crippen LogP contribution in [0.4, 0.5) is 0 Å². The number of nitrogens with two attached hydrogens (primary N) is 2. The molecule has 0 unspecified atom stereocenters. The van der Waals surface area contributed by atoms with E-state index in [9.17, 15) is 48.6 Å². The molecule has 1 aliphatic heterocycles. The number of carboxylic acid groups (broad SMARTS) is 1. The fourth-order valence-electron chi connectivity index (χ4n) is 7.77. The number of phenols is 1. The molecule has 14 N–H and O–H groups in total. The van der Waals surface area contributed by atoms with E-state index in [1.165, 1.54) is 29.6 Å². The second-order valence-corrected chi connectivity index (χ2v) is 17.9. The van der Waals surface area contributed by atoms with Crippen molar-refractivity contribution >= 4 is 53.3 Å². The van der Waals surface area contributed by atoms with E-state index in [1.807, 2.05) is 13.8 Å². The van der Waals surface area contributed by atoms with Gasteiger partial charge in [-0.25, -0.2) is 9.78 Å². The third-order valence-electron chi connectivity index (χ3n) is 12.2. The number of nitrogens with one attached hydrogen (secondary N) is 8. The van der Waals surface area contributed by atoms with E-state index in [4.69, 9.17) is 11.5 Å². The lowest BCUT2D eigenvalue weighted by Crippen LogP contribution is -2.62. The molecule has 1 aromatic heterocycles. The number of carboxylic acids is 1. The quantitative estimate of drug-likeness (QED) is 0.0274. The molecule has 1 saturated heterocycles. The Morgan fingerprint density at radius 3 is 1.99 bits per heavy atom. The number of aromatic nitrogens is 2. The molecule has 1 aromatic carbocycles. The number of amides is 7. The number of likely N-dealkylation sites (tertiary alicyclic amines) is 1. The van der Waals surface area contributed by atoms with Crippen LogP contribution in [0.1, 0.15) is 91.3 Å². The molecule has 1 aliphatic rings. The summed E-state index contributed by atoms with van der Waals surface area (Å²) in [6.45, 7) is 10.7. The van der Waals surface area contributed by atoms with Crippen LogP contribution < -0.4 is 48.7 Å². The highest BCUT2D eigenvalue weighted by atomic mass is 16.4. The van der Waals surface area contributed by atoms with Gasteiger partial charge in [0.15, 0.2) is 5.96 Å². The van der Waals surface area contributed by atoms with E-state index < -0.39 is 101 Å². The van der Waals surface area contributed by atoms with Gasteiger partial charge in [0.1, 0.15) is 48.0 Å². The first kappa shape index (κ1) is 56.5. The van der Waals surface area contributed by atoms with Gasteiger partial charge in [0.05, 0.1) is 12.9 Å². The first-order chi connectivity index (χ1) is 32.7. The number of guanidine groups is 1. The lowest BCUT2D eigenvalue weighted by Gasteiger charge is -2.32. The average molecular weight is 968 g/mol. The van der Waals surface area contributed by atoms with Crippen molar-refractivity contribution in [3.8, 4) is 5.75 Å².